The number of aromatic nitrogens is 1. The summed E-state index contributed by atoms with van der Waals surface area (Å²) in [7, 11) is 0. The molecule has 1 aromatic heterocycles. The van der Waals surface area contributed by atoms with Crippen LogP contribution in [0.5, 0.6) is 5.75 Å². The van der Waals surface area contributed by atoms with E-state index in [-0.39, 0.29) is 28.8 Å². The number of anilines is 1. The van der Waals surface area contributed by atoms with Gasteiger partial charge in [-0.3, -0.25) is 9.59 Å². The number of carbonyl (C=O) groups excluding carboxylic acids is 1. The minimum Gasteiger partial charge on any atom is -0.433 e. The molecule has 0 saturated carbocycles. The third-order valence-corrected chi connectivity index (χ3v) is 3.96. The summed E-state index contributed by atoms with van der Waals surface area (Å²) < 4.78 is 29.6. The van der Waals surface area contributed by atoms with Gasteiger partial charge in [-0.05, 0) is 18.6 Å². The predicted octanol–water partition coefficient (Wildman–Crippen LogP) is 1.99. The number of nitrogens with one attached hydrogen (secondary N) is 2. The highest BCUT2D eigenvalue weighted by Crippen LogP contribution is 2.31. The number of para-hydroxylation sites is 2. The van der Waals surface area contributed by atoms with Gasteiger partial charge in [0.05, 0.1) is 5.69 Å². The molecule has 1 aliphatic rings. The average Bonchev–Trinajstić information content (AvgIpc) is 3.03. The molecule has 1 fully saturated rings. The van der Waals surface area contributed by atoms with Crippen molar-refractivity contribution in [3.8, 4) is 5.75 Å². The summed E-state index contributed by atoms with van der Waals surface area (Å²) in [4.78, 5) is 28.1. The summed E-state index contributed by atoms with van der Waals surface area (Å²) in [5.41, 5.74) is 0.495. The maximum absolute atomic E-state index is 12.5. The van der Waals surface area contributed by atoms with Crippen molar-refractivity contribution in [1.82, 2.24) is 10.3 Å². The van der Waals surface area contributed by atoms with Crippen molar-refractivity contribution < 1.29 is 18.3 Å². The number of hydrogen-bond acceptors (Lipinski definition) is 4. The molecule has 0 radical (unpaired) electrons. The number of halogens is 2. The molecule has 0 spiro atoms. The van der Waals surface area contributed by atoms with E-state index < -0.39 is 6.61 Å². The lowest BCUT2D eigenvalue weighted by Crippen LogP contribution is -2.37. The van der Waals surface area contributed by atoms with Crippen molar-refractivity contribution in [2.24, 2.45) is 0 Å². The van der Waals surface area contributed by atoms with Gasteiger partial charge < -0.3 is 19.9 Å². The predicted molar refractivity (Wildman–Crippen MR) is 88.2 cm³/mol. The Morgan fingerprint density at radius 3 is 2.88 bits per heavy atom. The number of carbonyl (C=O) groups is 1. The van der Waals surface area contributed by atoms with Crippen LogP contribution < -0.4 is 20.4 Å². The number of pyridine rings is 1. The largest absolute Gasteiger partial charge is 0.433 e. The standard InChI is InChI=1S/C17H17F2N3O3/c18-17(19)25-15-4-2-1-3-14(15)22-8-6-11(10-22)21-16(24)13-9-12(23)5-7-20-13/h1-5,7,9,11,17H,6,8,10H2,(H,20,23)(H,21,24). The number of rotatable bonds is 5. The lowest BCUT2D eigenvalue weighted by atomic mass is 10.2. The van der Waals surface area contributed by atoms with Gasteiger partial charge >= 0.3 is 6.61 Å². The Morgan fingerprint density at radius 1 is 1.32 bits per heavy atom. The Balaban J connectivity index is 1.66. The molecule has 132 valence electrons. The summed E-state index contributed by atoms with van der Waals surface area (Å²) in [6.07, 6.45) is 2.07. The van der Waals surface area contributed by atoms with Crippen LogP contribution in [0.2, 0.25) is 0 Å². The zero-order valence-corrected chi connectivity index (χ0v) is 13.2. The van der Waals surface area contributed by atoms with Gasteiger partial charge in [-0.1, -0.05) is 12.1 Å². The molecule has 6 nitrogen and oxygen atoms in total. The minimum absolute atomic E-state index is 0.108. The highest BCUT2D eigenvalue weighted by atomic mass is 19.3. The summed E-state index contributed by atoms with van der Waals surface area (Å²) in [6, 6.07) is 8.97. The molecule has 2 N–H and O–H groups in total. The molecule has 3 rings (SSSR count). The van der Waals surface area contributed by atoms with E-state index >= 15 is 0 Å². The summed E-state index contributed by atoms with van der Waals surface area (Å²) in [5, 5.41) is 2.84. The molecule has 1 atom stereocenters. The lowest BCUT2D eigenvalue weighted by Gasteiger charge is -2.22. The van der Waals surface area contributed by atoms with Crippen LogP contribution in [0, 0.1) is 0 Å². The second-order valence-corrected chi connectivity index (χ2v) is 5.69. The molecule has 1 saturated heterocycles. The van der Waals surface area contributed by atoms with E-state index in [9.17, 15) is 18.4 Å². The maximum Gasteiger partial charge on any atom is 0.387 e. The average molecular weight is 349 g/mol. The number of H-pyrrole nitrogens is 1. The SMILES string of the molecule is O=C(NC1CCN(c2ccccc2OC(F)F)C1)c1cc(=O)cc[nH]1. The van der Waals surface area contributed by atoms with Crippen molar-refractivity contribution in [1.29, 1.82) is 0 Å². The number of amides is 1. The summed E-state index contributed by atoms with van der Waals surface area (Å²) in [6.45, 7) is -1.83. The van der Waals surface area contributed by atoms with E-state index in [1.54, 1.807) is 18.2 Å². The van der Waals surface area contributed by atoms with Gasteiger partial charge in [-0.15, -0.1) is 0 Å². The van der Waals surface area contributed by atoms with Gasteiger partial charge in [0.2, 0.25) is 0 Å². The fourth-order valence-corrected chi connectivity index (χ4v) is 2.85. The zero-order chi connectivity index (χ0) is 17.8. The second kappa shape index (κ2) is 7.33. The number of ether oxygens (including phenoxy) is 1. The van der Waals surface area contributed by atoms with Crippen LogP contribution in [0.3, 0.4) is 0 Å². The fraction of sp³-hybridized carbons (Fsp3) is 0.294. The first-order chi connectivity index (χ1) is 12.0. The Labute approximate surface area is 142 Å². The van der Waals surface area contributed by atoms with Gasteiger partial charge in [-0.2, -0.15) is 8.78 Å². The topological polar surface area (TPSA) is 74.4 Å². The van der Waals surface area contributed by atoms with Crippen LogP contribution in [0.25, 0.3) is 0 Å². The van der Waals surface area contributed by atoms with Gasteiger partial charge in [0.25, 0.3) is 5.91 Å². The molecule has 0 aliphatic carbocycles. The maximum atomic E-state index is 12.5. The molecule has 25 heavy (non-hydrogen) atoms. The van der Waals surface area contributed by atoms with Gasteiger partial charge in [0, 0.05) is 37.5 Å². The van der Waals surface area contributed by atoms with Crippen molar-refractivity contribution in [3.63, 3.8) is 0 Å². The minimum atomic E-state index is -2.89. The normalized spacial score (nSPS) is 16.9. The molecular weight excluding hydrogens is 332 g/mol. The monoisotopic (exact) mass is 349 g/mol. The van der Waals surface area contributed by atoms with E-state index in [0.29, 0.717) is 25.2 Å². The Kier molecular flexibility index (Phi) is 4.97. The first kappa shape index (κ1) is 16.9. The third-order valence-electron chi connectivity index (χ3n) is 3.96. The Hall–Kier alpha value is -2.90. The molecule has 2 heterocycles. The summed E-state index contributed by atoms with van der Waals surface area (Å²) in [5.74, 6) is -0.265. The molecule has 0 bridgehead atoms. The molecule has 1 aliphatic heterocycles. The van der Waals surface area contributed by atoms with Crippen molar-refractivity contribution in [3.05, 3.63) is 58.5 Å². The first-order valence-electron chi connectivity index (χ1n) is 7.81. The quantitative estimate of drug-likeness (QED) is 0.866. The Bertz CT molecular complexity index is 809. The van der Waals surface area contributed by atoms with Gasteiger partial charge in [0.15, 0.2) is 5.43 Å². The van der Waals surface area contributed by atoms with Gasteiger partial charge in [0.1, 0.15) is 11.4 Å². The molecule has 1 unspecified atom stereocenters. The van der Waals surface area contributed by atoms with Gasteiger partial charge in [-0.25, -0.2) is 0 Å². The lowest BCUT2D eigenvalue weighted by molar-refractivity contribution is -0.0495. The van der Waals surface area contributed by atoms with E-state index in [1.165, 1.54) is 24.4 Å². The zero-order valence-electron chi connectivity index (χ0n) is 13.2. The van der Waals surface area contributed by atoms with Crippen molar-refractivity contribution in [2.45, 2.75) is 19.1 Å². The molecule has 2 aromatic rings. The highest BCUT2D eigenvalue weighted by Gasteiger charge is 2.26. The number of nitrogens with zero attached hydrogens (tertiary/aromatic N) is 1. The van der Waals surface area contributed by atoms with E-state index in [2.05, 4.69) is 15.0 Å². The number of hydrogen-bond donors (Lipinski definition) is 2. The first-order valence-corrected chi connectivity index (χ1v) is 7.81. The summed E-state index contributed by atoms with van der Waals surface area (Å²) >= 11 is 0. The smallest absolute Gasteiger partial charge is 0.387 e. The highest BCUT2D eigenvalue weighted by molar-refractivity contribution is 5.92. The van der Waals surface area contributed by atoms with E-state index in [4.69, 9.17) is 0 Å². The van der Waals surface area contributed by atoms with Crippen LogP contribution in [-0.2, 0) is 0 Å². The van der Waals surface area contributed by atoms with E-state index in [1.807, 2.05) is 4.90 Å². The number of benzene rings is 1. The van der Waals surface area contributed by atoms with Crippen LogP contribution in [0.15, 0.2) is 47.4 Å². The fourth-order valence-electron chi connectivity index (χ4n) is 2.85. The van der Waals surface area contributed by atoms with Crippen LogP contribution in [0.4, 0.5) is 14.5 Å². The van der Waals surface area contributed by atoms with Crippen molar-refractivity contribution in [2.75, 3.05) is 18.0 Å². The van der Waals surface area contributed by atoms with E-state index in [0.717, 1.165) is 0 Å². The molecule has 8 heteroatoms. The number of aromatic amines is 1. The van der Waals surface area contributed by atoms with Crippen LogP contribution in [0.1, 0.15) is 16.9 Å². The second-order valence-electron chi connectivity index (χ2n) is 5.69. The van der Waals surface area contributed by atoms with Crippen LogP contribution >= 0.6 is 0 Å². The molecule has 1 aromatic carbocycles. The molecule has 1 amide bonds. The number of alkyl halides is 2. The third kappa shape index (κ3) is 4.14. The molecular formula is C17H17F2N3O3. The Morgan fingerprint density at radius 2 is 2.12 bits per heavy atom. The van der Waals surface area contributed by atoms with Crippen LogP contribution in [-0.4, -0.2) is 36.6 Å². The van der Waals surface area contributed by atoms with Crippen molar-refractivity contribution >= 4 is 11.6 Å².